The predicted molar refractivity (Wildman–Crippen MR) is 134 cm³/mol. The molecule has 1 atom stereocenters. The van der Waals surface area contributed by atoms with Crippen molar-refractivity contribution < 1.29 is 22.7 Å². The molecule has 0 bridgehead atoms. The van der Waals surface area contributed by atoms with Gasteiger partial charge in [-0.3, -0.25) is 0 Å². The molecule has 3 heterocycles. The first-order valence-electron chi connectivity index (χ1n) is 11.6. The molecule has 2 aromatic carbocycles. The molecule has 2 fully saturated rings. The molecule has 0 aromatic heterocycles. The second-order valence-corrected chi connectivity index (χ2v) is 11.8. The number of nitrogens with one attached hydrogen (secondary N) is 1. The minimum Gasteiger partial charge on any atom is -0.493 e. The number of hydrogen-bond donors (Lipinski definition) is 1. The summed E-state index contributed by atoms with van der Waals surface area (Å²) >= 11 is 0. The van der Waals surface area contributed by atoms with Crippen LogP contribution in [0.3, 0.4) is 0 Å². The van der Waals surface area contributed by atoms with E-state index in [0.717, 1.165) is 35.5 Å². The maximum atomic E-state index is 12.6. The van der Waals surface area contributed by atoms with Crippen molar-refractivity contribution in [1.82, 2.24) is 10.3 Å². The number of amides is 2. The van der Waals surface area contributed by atoms with Gasteiger partial charge in [-0.1, -0.05) is 12.1 Å². The fourth-order valence-corrected chi connectivity index (χ4v) is 7.54. The Morgan fingerprint density at radius 1 is 1.09 bits per heavy atom. The molecular weight excluding hydrogens is 468 g/mol. The lowest BCUT2D eigenvalue weighted by Gasteiger charge is -2.55. The van der Waals surface area contributed by atoms with Crippen molar-refractivity contribution >= 4 is 27.3 Å². The van der Waals surface area contributed by atoms with Crippen LogP contribution in [0.15, 0.2) is 41.5 Å². The number of sulfone groups is 1. The number of carbonyl (C=O) groups excluding carboxylic acids is 1. The fourth-order valence-electron chi connectivity index (χ4n) is 5.40. The smallest absolute Gasteiger partial charge is 0.337 e. The molecule has 35 heavy (non-hydrogen) atoms. The molecule has 3 aliphatic heterocycles. The topological polar surface area (TPSA) is 101 Å². The summed E-state index contributed by atoms with van der Waals surface area (Å²) in [5, 5.41) is 8.97. The van der Waals surface area contributed by atoms with Gasteiger partial charge in [0.2, 0.25) is 0 Å². The first-order valence-corrected chi connectivity index (χ1v) is 13.4. The molecule has 2 aromatic rings. The van der Waals surface area contributed by atoms with Crippen LogP contribution in [0, 0.1) is 5.41 Å². The molecule has 9 nitrogen and oxygen atoms in total. The van der Waals surface area contributed by atoms with E-state index in [2.05, 4.69) is 10.2 Å². The summed E-state index contributed by atoms with van der Waals surface area (Å²) in [6.45, 7) is 3.48. The summed E-state index contributed by atoms with van der Waals surface area (Å²) in [6.07, 6.45) is 0.604. The normalized spacial score (nSPS) is 21.7. The van der Waals surface area contributed by atoms with Crippen molar-refractivity contribution in [3.8, 4) is 11.5 Å². The van der Waals surface area contributed by atoms with Crippen LogP contribution in [0.1, 0.15) is 23.6 Å². The number of benzene rings is 2. The number of carbonyl (C=O) groups is 1. The van der Waals surface area contributed by atoms with E-state index in [-0.39, 0.29) is 17.5 Å². The Bertz CT molecular complexity index is 1290. The zero-order valence-electron chi connectivity index (χ0n) is 20.4. The molecule has 10 heteroatoms. The average molecular weight is 499 g/mol. The third kappa shape index (κ3) is 4.09. The third-order valence-corrected chi connectivity index (χ3v) is 9.14. The van der Waals surface area contributed by atoms with E-state index in [1.807, 2.05) is 43.3 Å². The van der Waals surface area contributed by atoms with Gasteiger partial charge in [-0.25, -0.2) is 18.2 Å². The summed E-state index contributed by atoms with van der Waals surface area (Å²) in [5.74, 6) is 1.81. The predicted octanol–water partition coefficient (Wildman–Crippen LogP) is 2.28. The zero-order valence-corrected chi connectivity index (χ0v) is 21.2. The maximum Gasteiger partial charge on any atom is 0.337 e. The number of rotatable bonds is 4. The van der Waals surface area contributed by atoms with E-state index in [1.54, 1.807) is 21.3 Å². The molecular formula is C25H30N4O5S. The Balaban J connectivity index is 1.49. The number of urea groups is 1. The van der Waals surface area contributed by atoms with Crippen molar-refractivity contribution in [2.45, 2.75) is 19.4 Å². The monoisotopic (exact) mass is 498 g/mol. The van der Waals surface area contributed by atoms with Crippen LogP contribution in [0.25, 0.3) is 0 Å². The molecule has 5 rings (SSSR count). The quantitative estimate of drug-likeness (QED) is 0.694. The van der Waals surface area contributed by atoms with Gasteiger partial charge in [-0.15, -0.1) is 0 Å². The number of hydrogen-bond acceptors (Lipinski definition) is 7. The molecule has 2 saturated heterocycles. The minimum absolute atomic E-state index is 0.0679. The highest BCUT2D eigenvalue weighted by molar-refractivity contribution is 7.92. The minimum atomic E-state index is -2.84. The highest BCUT2D eigenvalue weighted by Crippen LogP contribution is 2.43. The highest BCUT2D eigenvalue weighted by atomic mass is 32.2. The Labute approximate surface area is 205 Å². The largest absolute Gasteiger partial charge is 0.493 e. The van der Waals surface area contributed by atoms with Crippen molar-refractivity contribution in [3.63, 3.8) is 0 Å². The van der Waals surface area contributed by atoms with Crippen LogP contribution in [0.4, 0.5) is 10.5 Å². The Hall–Kier alpha value is -3.27. The Kier molecular flexibility index (Phi) is 5.66. The summed E-state index contributed by atoms with van der Waals surface area (Å²) in [6, 6.07) is 11.5. The van der Waals surface area contributed by atoms with Gasteiger partial charge in [0.05, 0.1) is 37.5 Å². The van der Waals surface area contributed by atoms with Crippen LogP contribution < -0.4 is 19.7 Å². The van der Waals surface area contributed by atoms with Crippen molar-refractivity contribution in [1.29, 1.82) is 0 Å². The second kappa shape index (κ2) is 8.44. The van der Waals surface area contributed by atoms with Gasteiger partial charge in [-0.2, -0.15) is 5.10 Å². The van der Waals surface area contributed by atoms with Crippen LogP contribution >= 0.6 is 0 Å². The van der Waals surface area contributed by atoms with Gasteiger partial charge in [0.1, 0.15) is 0 Å². The molecule has 2 amide bonds. The van der Waals surface area contributed by atoms with Crippen LogP contribution in [-0.2, 0) is 16.3 Å². The third-order valence-electron chi connectivity index (χ3n) is 7.04. The molecule has 1 unspecified atom stereocenters. The SMILES string of the molecule is CNC(=O)N1N=C(c2ccc(N3CC4(C3)CS(=O)(=O)C4)cc2)c2cc(OC)c(OC)cc2CC1C. The van der Waals surface area contributed by atoms with Gasteiger partial charge in [0, 0.05) is 42.4 Å². The van der Waals surface area contributed by atoms with Crippen molar-refractivity contribution in [3.05, 3.63) is 53.1 Å². The van der Waals surface area contributed by atoms with Crippen molar-refractivity contribution in [2.75, 3.05) is 50.8 Å². The van der Waals surface area contributed by atoms with Crippen LogP contribution in [0.2, 0.25) is 0 Å². The lowest BCUT2D eigenvalue weighted by molar-refractivity contribution is 0.184. The van der Waals surface area contributed by atoms with Gasteiger partial charge < -0.3 is 19.7 Å². The molecule has 3 aliphatic rings. The number of ether oxygens (including phenoxy) is 2. The lowest BCUT2D eigenvalue weighted by Crippen LogP contribution is -2.68. The van der Waals surface area contributed by atoms with Gasteiger partial charge >= 0.3 is 6.03 Å². The van der Waals surface area contributed by atoms with E-state index in [9.17, 15) is 13.2 Å². The van der Waals surface area contributed by atoms with E-state index in [4.69, 9.17) is 14.6 Å². The van der Waals surface area contributed by atoms with E-state index in [1.165, 1.54) is 5.01 Å². The standard InChI is InChI=1S/C25H30N4O5S/c1-16-9-18-10-21(33-3)22(34-4)11-20(18)23(27-29(16)24(30)26-2)17-5-7-19(8-6-17)28-12-25(13-28)14-35(31,32)15-25/h5-8,10-11,16H,9,12-15H2,1-4H3,(H,26,30). The molecule has 0 saturated carbocycles. The van der Waals surface area contributed by atoms with E-state index < -0.39 is 9.84 Å². The summed E-state index contributed by atoms with van der Waals surface area (Å²) in [7, 11) is 1.96. The summed E-state index contributed by atoms with van der Waals surface area (Å²) in [4.78, 5) is 14.8. The number of methoxy groups -OCH3 is 2. The zero-order chi connectivity index (χ0) is 25.0. The molecule has 186 valence electrons. The lowest BCUT2D eigenvalue weighted by atomic mass is 9.82. The fraction of sp³-hybridized carbons (Fsp3) is 0.440. The first-order chi connectivity index (χ1) is 16.7. The van der Waals surface area contributed by atoms with Gasteiger partial charge in [0.15, 0.2) is 21.3 Å². The van der Waals surface area contributed by atoms with Gasteiger partial charge in [0.25, 0.3) is 0 Å². The van der Waals surface area contributed by atoms with Crippen LogP contribution in [-0.4, -0.2) is 77.1 Å². The number of fused-ring (bicyclic) bond motifs is 1. The van der Waals surface area contributed by atoms with Gasteiger partial charge in [-0.05, 0) is 43.2 Å². The Morgan fingerprint density at radius 2 is 1.71 bits per heavy atom. The van der Waals surface area contributed by atoms with Crippen molar-refractivity contribution in [2.24, 2.45) is 10.5 Å². The maximum absolute atomic E-state index is 12.6. The number of anilines is 1. The second-order valence-electron chi connectivity index (χ2n) is 9.70. The summed E-state index contributed by atoms with van der Waals surface area (Å²) in [5.41, 5.74) is 4.41. The molecule has 0 aliphatic carbocycles. The molecule has 1 spiro atoms. The van der Waals surface area contributed by atoms with E-state index >= 15 is 0 Å². The number of nitrogens with zero attached hydrogens (tertiary/aromatic N) is 3. The molecule has 1 N–H and O–H groups in total. The summed E-state index contributed by atoms with van der Waals surface area (Å²) < 4.78 is 34.3. The van der Waals surface area contributed by atoms with E-state index in [0.29, 0.717) is 35.1 Å². The molecule has 0 radical (unpaired) electrons. The average Bonchev–Trinajstić information content (AvgIpc) is 2.95. The first kappa shape index (κ1) is 23.5. The Morgan fingerprint density at radius 3 is 2.29 bits per heavy atom. The highest BCUT2D eigenvalue weighted by Gasteiger charge is 2.55. The van der Waals surface area contributed by atoms with Crippen LogP contribution in [0.5, 0.6) is 11.5 Å². The number of hydrazone groups is 1.